The lowest BCUT2D eigenvalue weighted by Gasteiger charge is -2.30. The number of anilines is 2. The summed E-state index contributed by atoms with van der Waals surface area (Å²) in [6, 6.07) is 4.86. The summed E-state index contributed by atoms with van der Waals surface area (Å²) in [7, 11) is 0. The number of pyridine rings is 1. The van der Waals surface area contributed by atoms with Crippen molar-refractivity contribution in [1.29, 1.82) is 0 Å². The highest BCUT2D eigenvalue weighted by molar-refractivity contribution is 5.92. The first-order chi connectivity index (χ1) is 14.4. The van der Waals surface area contributed by atoms with Gasteiger partial charge in [0, 0.05) is 38.2 Å². The van der Waals surface area contributed by atoms with Crippen LogP contribution in [0.3, 0.4) is 0 Å². The lowest BCUT2D eigenvalue weighted by Crippen LogP contribution is -2.40. The van der Waals surface area contributed by atoms with E-state index in [1.54, 1.807) is 37.1 Å². The molecule has 1 fully saturated rings. The van der Waals surface area contributed by atoms with E-state index in [0.29, 0.717) is 49.0 Å². The van der Waals surface area contributed by atoms with Crippen LogP contribution in [0.15, 0.2) is 30.7 Å². The number of nitrogens with two attached hydrogens (primary N) is 1. The molecule has 3 rings (SSSR count). The molecule has 11 nitrogen and oxygen atoms in total. The van der Waals surface area contributed by atoms with Gasteiger partial charge in [0.15, 0.2) is 0 Å². The Morgan fingerprint density at radius 3 is 2.57 bits per heavy atom. The van der Waals surface area contributed by atoms with Crippen molar-refractivity contribution in [2.24, 2.45) is 5.73 Å². The van der Waals surface area contributed by atoms with Crippen molar-refractivity contribution in [3.8, 4) is 5.88 Å². The second-order valence-electron chi connectivity index (χ2n) is 6.92. The second-order valence-corrected chi connectivity index (χ2v) is 6.92. The largest absolute Gasteiger partial charge is 0.528 e. The van der Waals surface area contributed by atoms with Gasteiger partial charge in [-0.05, 0) is 26.0 Å². The quantitative estimate of drug-likeness (QED) is 0.644. The monoisotopic (exact) mass is 416 g/mol. The van der Waals surface area contributed by atoms with Gasteiger partial charge in [0.05, 0.1) is 11.7 Å². The minimum atomic E-state index is -0.701. The Labute approximate surface area is 173 Å². The van der Waals surface area contributed by atoms with Gasteiger partial charge in [-0.3, -0.25) is 4.79 Å². The Kier molecular flexibility index (Phi) is 6.96. The van der Waals surface area contributed by atoms with Crippen LogP contribution >= 0.6 is 0 Å². The predicted octanol–water partition coefficient (Wildman–Crippen LogP) is 2.03. The third-order valence-electron chi connectivity index (χ3n) is 4.17. The molecule has 1 aliphatic heterocycles. The zero-order chi connectivity index (χ0) is 21.5. The molecule has 1 amide bonds. The summed E-state index contributed by atoms with van der Waals surface area (Å²) < 4.78 is 10.9. The molecule has 160 valence electrons. The van der Waals surface area contributed by atoms with Gasteiger partial charge < -0.3 is 25.4 Å². The van der Waals surface area contributed by atoms with Crippen molar-refractivity contribution < 1.29 is 23.9 Å². The van der Waals surface area contributed by atoms with Crippen LogP contribution in [0.2, 0.25) is 0 Å². The predicted molar refractivity (Wildman–Crippen MR) is 106 cm³/mol. The lowest BCUT2D eigenvalue weighted by molar-refractivity contribution is -0.151. The molecule has 0 unspecified atom stereocenters. The van der Waals surface area contributed by atoms with Gasteiger partial charge in [-0.15, -0.1) is 5.06 Å². The van der Waals surface area contributed by atoms with Crippen molar-refractivity contribution in [2.75, 3.05) is 18.4 Å². The number of hydrogen-bond acceptors (Lipinski definition) is 10. The van der Waals surface area contributed by atoms with E-state index < -0.39 is 12.1 Å². The highest BCUT2D eigenvalue weighted by Crippen LogP contribution is 2.20. The molecular weight excluding hydrogens is 392 g/mol. The standard InChI is InChI=1S/C19H24N6O5/c1-12(2)28-19(27)30-25-7-5-14(6-8-25)29-17-9-16(22-11-23-17)24-15-4-3-13(10-21-15)18(20)26/h3-4,9-12,14H,5-8H2,1-2H3,(H2,20,26)(H,21,22,23,24). The Bertz CT molecular complexity index is 868. The van der Waals surface area contributed by atoms with Crippen LogP contribution < -0.4 is 15.8 Å². The molecule has 0 aliphatic carbocycles. The first-order valence-electron chi connectivity index (χ1n) is 9.54. The molecule has 1 aliphatic rings. The Balaban J connectivity index is 1.50. The zero-order valence-corrected chi connectivity index (χ0v) is 16.8. The first-order valence-corrected chi connectivity index (χ1v) is 9.54. The van der Waals surface area contributed by atoms with E-state index in [9.17, 15) is 9.59 Å². The van der Waals surface area contributed by atoms with Gasteiger partial charge in [-0.1, -0.05) is 0 Å². The van der Waals surface area contributed by atoms with Crippen LogP contribution in [0.4, 0.5) is 16.4 Å². The molecular formula is C19H24N6O5. The molecule has 30 heavy (non-hydrogen) atoms. The minimum Gasteiger partial charge on any atom is -0.474 e. The highest BCUT2D eigenvalue weighted by atomic mass is 16.8. The Morgan fingerprint density at radius 1 is 1.17 bits per heavy atom. The molecule has 0 bridgehead atoms. The van der Waals surface area contributed by atoms with Crippen LogP contribution in [0.25, 0.3) is 0 Å². The molecule has 0 radical (unpaired) electrons. The van der Waals surface area contributed by atoms with Gasteiger partial charge in [-0.2, -0.15) is 0 Å². The minimum absolute atomic E-state index is 0.0679. The number of carbonyl (C=O) groups is 2. The van der Waals surface area contributed by atoms with Crippen LogP contribution in [-0.4, -0.2) is 57.4 Å². The Hall–Kier alpha value is -3.47. The number of carbonyl (C=O) groups excluding carboxylic acids is 2. The number of hydrogen-bond donors (Lipinski definition) is 2. The van der Waals surface area contributed by atoms with Gasteiger partial charge in [0.25, 0.3) is 0 Å². The van der Waals surface area contributed by atoms with Gasteiger partial charge in [-0.25, -0.2) is 19.7 Å². The third kappa shape index (κ3) is 6.27. The topological polar surface area (TPSA) is 142 Å². The van der Waals surface area contributed by atoms with Crippen molar-refractivity contribution in [3.05, 3.63) is 36.3 Å². The van der Waals surface area contributed by atoms with Gasteiger partial charge in [0.1, 0.15) is 24.1 Å². The fraction of sp³-hybridized carbons (Fsp3) is 0.421. The summed E-state index contributed by atoms with van der Waals surface area (Å²) in [5.74, 6) is 0.875. The SMILES string of the molecule is CC(C)OC(=O)ON1CCC(Oc2cc(Nc3ccc(C(N)=O)cn3)ncn2)CC1. The van der Waals surface area contributed by atoms with Crippen molar-refractivity contribution >= 4 is 23.7 Å². The molecule has 0 spiro atoms. The van der Waals surface area contributed by atoms with Gasteiger partial charge in [0.2, 0.25) is 11.8 Å². The molecule has 2 aromatic heterocycles. The molecule has 0 aromatic carbocycles. The second kappa shape index (κ2) is 9.83. The zero-order valence-electron chi connectivity index (χ0n) is 16.8. The maximum atomic E-state index is 11.6. The molecule has 0 saturated carbocycles. The summed E-state index contributed by atoms with van der Waals surface area (Å²) in [5.41, 5.74) is 5.53. The molecule has 3 heterocycles. The first kappa shape index (κ1) is 21.2. The fourth-order valence-corrected chi connectivity index (χ4v) is 2.75. The van der Waals surface area contributed by atoms with Gasteiger partial charge >= 0.3 is 6.16 Å². The molecule has 2 aromatic rings. The number of piperidine rings is 1. The van der Waals surface area contributed by atoms with E-state index in [2.05, 4.69) is 20.3 Å². The molecule has 3 N–H and O–H groups in total. The number of primary amides is 1. The van der Waals surface area contributed by atoms with Crippen molar-refractivity contribution in [3.63, 3.8) is 0 Å². The average molecular weight is 416 g/mol. The van der Waals surface area contributed by atoms with Crippen molar-refractivity contribution in [1.82, 2.24) is 20.0 Å². The number of aromatic nitrogens is 3. The fourth-order valence-electron chi connectivity index (χ4n) is 2.75. The van der Waals surface area contributed by atoms with E-state index >= 15 is 0 Å². The molecule has 11 heteroatoms. The smallest absolute Gasteiger partial charge is 0.474 e. The van der Waals surface area contributed by atoms with Crippen LogP contribution in [0, 0.1) is 0 Å². The number of rotatable bonds is 7. The van der Waals surface area contributed by atoms with E-state index in [-0.39, 0.29) is 12.2 Å². The average Bonchev–Trinajstić information content (AvgIpc) is 2.69. The summed E-state index contributed by atoms with van der Waals surface area (Å²) in [4.78, 5) is 40.2. The number of nitrogens with one attached hydrogen (secondary N) is 1. The lowest BCUT2D eigenvalue weighted by atomic mass is 10.1. The third-order valence-corrected chi connectivity index (χ3v) is 4.17. The highest BCUT2D eigenvalue weighted by Gasteiger charge is 2.24. The van der Waals surface area contributed by atoms with Crippen LogP contribution in [0.5, 0.6) is 5.88 Å². The van der Waals surface area contributed by atoms with Crippen LogP contribution in [0.1, 0.15) is 37.0 Å². The number of amides is 1. The summed E-state index contributed by atoms with van der Waals surface area (Å²) in [6.45, 7) is 4.59. The molecule has 1 saturated heterocycles. The summed E-state index contributed by atoms with van der Waals surface area (Å²) in [6.07, 6.45) is 3.10. The number of ether oxygens (including phenoxy) is 2. The number of nitrogens with zero attached hydrogens (tertiary/aromatic N) is 4. The van der Waals surface area contributed by atoms with E-state index in [0.717, 1.165) is 0 Å². The van der Waals surface area contributed by atoms with Crippen LogP contribution in [-0.2, 0) is 9.57 Å². The van der Waals surface area contributed by atoms with Crippen molar-refractivity contribution in [2.45, 2.75) is 38.9 Å². The summed E-state index contributed by atoms with van der Waals surface area (Å²) in [5, 5.41) is 4.59. The summed E-state index contributed by atoms with van der Waals surface area (Å²) >= 11 is 0. The number of hydroxylamine groups is 2. The maximum Gasteiger partial charge on any atom is 0.528 e. The normalized spacial score (nSPS) is 14.9. The molecule has 0 atom stereocenters. The van der Waals surface area contributed by atoms with E-state index in [1.165, 1.54) is 12.5 Å². The maximum absolute atomic E-state index is 11.6. The Morgan fingerprint density at radius 2 is 1.93 bits per heavy atom. The van der Waals surface area contributed by atoms with E-state index in [4.69, 9.17) is 20.0 Å². The van der Waals surface area contributed by atoms with E-state index in [1.807, 2.05) is 0 Å².